The Labute approximate surface area is 233 Å². The van der Waals surface area contributed by atoms with Crippen molar-refractivity contribution in [3.63, 3.8) is 0 Å². The zero-order chi connectivity index (χ0) is 26.4. The number of rotatable bonds is 7. The molecule has 1 aliphatic carbocycles. The molecule has 1 saturated heterocycles. The zero-order valence-electron chi connectivity index (χ0n) is 20.8. The molecule has 2 aromatic heterocycles. The Morgan fingerprint density at radius 2 is 1.92 bits per heavy atom. The summed E-state index contributed by atoms with van der Waals surface area (Å²) < 4.78 is 25.8. The molecule has 6 nitrogen and oxygen atoms in total. The van der Waals surface area contributed by atoms with Crippen molar-refractivity contribution in [3.05, 3.63) is 63.1 Å². The summed E-state index contributed by atoms with van der Waals surface area (Å²) in [6.45, 7) is 1.69. The van der Waals surface area contributed by atoms with Gasteiger partial charge in [0, 0.05) is 30.1 Å². The zero-order valence-corrected chi connectivity index (χ0v) is 23.1. The summed E-state index contributed by atoms with van der Waals surface area (Å²) in [4.78, 5) is 18.6. The van der Waals surface area contributed by atoms with E-state index in [-0.39, 0.29) is 5.56 Å². The van der Waals surface area contributed by atoms with Crippen LogP contribution in [-0.2, 0) is 11.2 Å². The van der Waals surface area contributed by atoms with E-state index in [0.717, 1.165) is 79.3 Å². The van der Waals surface area contributed by atoms with Gasteiger partial charge in [-0.3, -0.25) is 0 Å². The topological polar surface area (TPSA) is 68.5 Å². The van der Waals surface area contributed by atoms with Gasteiger partial charge in [0.1, 0.15) is 17.0 Å². The molecule has 2 fully saturated rings. The molecule has 0 amide bonds. The minimum atomic E-state index is -0.556. The van der Waals surface area contributed by atoms with Crippen LogP contribution in [0, 0.1) is 11.7 Å². The number of hydrogen-bond donors (Lipinski definition) is 0. The van der Waals surface area contributed by atoms with E-state index >= 15 is 0 Å². The van der Waals surface area contributed by atoms with Crippen LogP contribution in [0.25, 0.3) is 21.5 Å². The first kappa shape index (κ1) is 25.6. The quantitative estimate of drug-likeness (QED) is 0.209. The van der Waals surface area contributed by atoms with Gasteiger partial charge in [-0.1, -0.05) is 45.8 Å². The standard InChI is InChI=1S/C28H26Cl2FN3O3S/c1-36-27(35)17-13-21(31)25-22(14-17)38-28(32-25)34-11-9-15(10-12-34)5-8-18-24(33-37-26(18)16-6-7-16)23-19(29)3-2-4-20(23)30/h2-4,13-16H,5-12H2,1H3. The first-order valence-electron chi connectivity index (χ1n) is 12.8. The number of anilines is 1. The fourth-order valence-corrected chi connectivity index (χ4v) is 6.91. The Bertz CT molecular complexity index is 1490. The molecule has 2 aromatic carbocycles. The lowest BCUT2D eigenvalue weighted by atomic mass is 9.89. The van der Waals surface area contributed by atoms with Crippen LogP contribution in [0.4, 0.5) is 9.52 Å². The fraction of sp³-hybridized carbons (Fsp3) is 0.393. The number of benzene rings is 2. The van der Waals surface area contributed by atoms with Crippen LogP contribution >= 0.6 is 34.5 Å². The van der Waals surface area contributed by atoms with Crippen LogP contribution in [0.2, 0.25) is 10.0 Å². The number of ether oxygens (including phenoxy) is 1. The number of halogens is 3. The van der Waals surface area contributed by atoms with Gasteiger partial charge in [-0.25, -0.2) is 14.2 Å². The highest BCUT2D eigenvalue weighted by Crippen LogP contribution is 2.46. The maximum atomic E-state index is 14.6. The van der Waals surface area contributed by atoms with E-state index < -0.39 is 11.8 Å². The Balaban J connectivity index is 1.15. The number of carbonyl (C=O) groups excluding carboxylic acids is 1. The van der Waals surface area contributed by atoms with Gasteiger partial charge in [0.05, 0.1) is 27.4 Å². The number of aromatic nitrogens is 2. The molecular weight excluding hydrogens is 548 g/mol. The molecule has 0 spiro atoms. The Morgan fingerprint density at radius 1 is 1.18 bits per heavy atom. The summed E-state index contributed by atoms with van der Waals surface area (Å²) in [5.41, 5.74) is 3.14. The van der Waals surface area contributed by atoms with E-state index in [0.29, 0.717) is 32.1 Å². The number of methoxy groups -OCH3 is 1. The summed E-state index contributed by atoms with van der Waals surface area (Å²) in [6.07, 6.45) is 6.15. The van der Waals surface area contributed by atoms with Crippen molar-refractivity contribution >= 4 is 55.9 Å². The van der Waals surface area contributed by atoms with Crippen molar-refractivity contribution in [1.82, 2.24) is 10.1 Å². The first-order valence-corrected chi connectivity index (χ1v) is 14.4. The van der Waals surface area contributed by atoms with Crippen molar-refractivity contribution < 1.29 is 18.4 Å². The molecule has 0 atom stereocenters. The number of thiazole rings is 1. The smallest absolute Gasteiger partial charge is 0.338 e. The molecule has 3 heterocycles. The molecule has 1 aliphatic heterocycles. The van der Waals surface area contributed by atoms with Gasteiger partial charge < -0.3 is 14.2 Å². The molecule has 198 valence electrons. The molecule has 10 heteroatoms. The SMILES string of the molecule is COC(=O)c1cc(F)c2nc(N3CCC(CCc4c(-c5c(Cl)cccc5Cl)noc4C4CC4)CC3)sc2c1. The van der Waals surface area contributed by atoms with Crippen LogP contribution in [0.5, 0.6) is 0 Å². The maximum absolute atomic E-state index is 14.6. The number of fused-ring (bicyclic) bond motifs is 1. The highest BCUT2D eigenvalue weighted by Gasteiger charge is 2.34. The highest BCUT2D eigenvalue weighted by molar-refractivity contribution is 7.22. The van der Waals surface area contributed by atoms with Gasteiger partial charge in [-0.2, -0.15) is 0 Å². The van der Waals surface area contributed by atoms with Gasteiger partial charge in [-0.15, -0.1) is 0 Å². The summed E-state index contributed by atoms with van der Waals surface area (Å²) in [5, 5.41) is 6.35. The van der Waals surface area contributed by atoms with Crippen molar-refractivity contribution in [2.24, 2.45) is 5.92 Å². The third kappa shape index (κ3) is 4.90. The molecule has 0 unspecified atom stereocenters. The number of piperidine rings is 1. The van der Waals surface area contributed by atoms with Crippen molar-refractivity contribution in [2.45, 2.75) is 44.4 Å². The van der Waals surface area contributed by atoms with Crippen LogP contribution in [-0.4, -0.2) is 36.3 Å². The lowest BCUT2D eigenvalue weighted by Crippen LogP contribution is -2.33. The maximum Gasteiger partial charge on any atom is 0.338 e. The lowest BCUT2D eigenvalue weighted by molar-refractivity contribution is 0.0600. The van der Waals surface area contributed by atoms with E-state index in [9.17, 15) is 9.18 Å². The molecule has 2 aliphatic rings. The van der Waals surface area contributed by atoms with Gasteiger partial charge in [0.15, 0.2) is 10.9 Å². The predicted molar refractivity (Wildman–Crippen MR) is 148 cm³/mol. The molecule has 4 aromatic rings. The van der Waals surface area contributed by atoms with Crippen molar-refractivity contribution in [1.29, 1.82) is 0 Å². The van der Waals surface area contributed by atoms with Crippen molar-refractivity contribution in [2.75, 3.05) is 25.1 Å². The first-order chi connectivity index (χ1) is 18.4. The molecular formula is C28H26Cl2FN3O3S. The van der Waals surface area contributed by atoms with E-state index in [1.807, 2.05) is 18.2 Å². The minimum absolute atomic E-state index is 0.197. The van der Waals surface area contributed by atoms with Crippen LogP contribution in [0.15, 0.2) is 34.9 Å². The lowest BCUT2D eigenvalue weighted by Gasteiger charge is -2.31. The minimum Gasteiger partial charge on any atom is -0.465 e. The Hall–Kier alpha value is -2.68. The van der Waals surface area contributed by atoms with E-state index in [1.165, 1.54) is 24.5 Å². The molecule has 0 bridgehead atoms. The average Bonchev–Trinajstić information content (AvgIpc) is 3.53. The van der Waals surface area contributed by atoms with Gasteiger partial charge >= 0.3 is 5.97 Å². The van der Waals surface area contributed by atoms with Crippen molar-refractivity contribution in [3.8, 4) is 11.3 Å². The summed E-state index contributed by atoms with van der Waals surface area (Å²) in [5.74, 6) is 0.902. The summed E-state index contributed by atoms with van der Waals surface area (Å²) >= 11 is 14.4. The number of carbonyl (C=O) groups is 1. The summed E-state index contributed by atoms with van der Waals surface area (Å²) in [7, 11) is 1.29. The third-order valence-electron chi connectivity index (χ3n) is 7.51. The fourth-order valence-electron chi connectivity index (χ4n) is 5.26. The van der Waals surface area contributed by atoms with Crippen LogP contribution in [0.1, 0.15) is 59.7 Å². The third-order valence-corrected chi connectivity index (χ3v) is 9.21. The number of hydrogen-bond acceptors (Lipinski definition) is 7. The van der Waals surface area contributed by atoms with Crippen LogP contribution < -0.4 is 4.90 Å². The van der Waals surface area contributed by atoms with E-state index in [1.54, 1.807) is 6.07 Å². The number of esters is 1. The van der Waals surface area contributed by atoms with Gasteiger partial charge in [0.2, 0.25) is 0 Å². The molecule has 6 rings (SSSR count). The second-order valence-electron chi connectivity index (χ2n) is 10.0. The molecule has 0 radical (unpaired) electrons. The highest BCUT2D eigenvalue weighted by atomic mass is 35.5. The molecule has 38 heavy (non-hydrogen) atoms. The summed E-state index contributed by atoms with van der Waals surface area (Å²) in [6, 6.07) is 8.34. The largest absolute Gasteiger partial charge is 0.465 e. The van der Waals surface area contributed by atoms with Gasteiger partial charge in [-0.05, 0) is 68.7 Å². The van der Waals surface area contributed by atoms with Crippen LogP contribution in [0.3, 0.4) is 0 Å². The normalized spacial score (nSPS) is 16.4. The molecule has 0 N–H and O–H groups in total. The van der Waals surface area contributed by atoms with Gasteiger partial charge in [0.25, 0.3) is 0 Å². The average molecular weight is 575 g/mol. The second-order valence-corrected chi connectivity index (χ2v) is 11.8. The van der Waals surface area contributed by atoms with E-state index in [4.69, 9.17) is 32.5 Å². The van der Waals surface area contributed by atoms with E-state index in [2.05, 4.69) is 15.0 Å². The number of nitrogens with zero attached hydrogens (tertiary/aromatic N) is 3. The predicted octanol–water partition coefficient (Wildman–Crippen LogP) is 7.91. The molecule has 1 saturated carbocycles. The Kier molecular flexibility index (Phi) is 7.05. The second kappa shape index (κ2) is 10.5. The monoisotopic (exact) mass is 573 g/mol. The Morgan fingerprint density at radius 3 is 2.61 bits per heavy atom.